The van der Waals surface area contributed by atoms with Gasteiger partial charge in [0.15, 0.2) is 5.78 Å². The van der Waals surface area contributed by atoms with E-state index in [1.165, 1.54) is 18.2 Å². The molecule has 0 aliphatic heterocycles. The fourth-order valence-electron chi connectivity index (χ4n) is 1.69. The topological polar surface area (TPSA) is 17.1 Å². The minimum atomic E-state index is -0.627. The van der Waals surface area contributed by atoms with Crippen molar-refractivity contribution in [2.24, 2.45) is 0 Å². The minimum Gasteiger partial charge on any atom is -0.294 e. The first-order valence-corrected chi connectivity index (χ1v) is 6.53. The first-order valence-electron chi connectivity index (χ1n) is 5.40. The summed E-state index contributed by atoms with van der Waals surface area (Å²) in [6, 6.07) is 8.97. The van der Waals surface area contributed by atoms with Crippen molar-refractivity contribution in [2.75, 3.05) is 0 Å². The Kier molecular flexibility index (Phi) is 4.46. The summed E-state index contributed by atoms with van der Waals surface area (Å²) in [6.07, 6.45) is 0.0115. The average Bonchev–Trinajstić information content (AvgIpc) is 2.33. The summed E-state index contributed by atoms with van der Waals surface area (Å²) >= 11 is 17.5. The van der Waals surface area contributed by atoms with Gasteiger partial charge in [0.1, 0.15) is 5.82 Å². The number of hydrogen-bond acceptors (Lipinski definition) is 1. The molecule has 2 aromatic carbocycles. The molecule has 1 nitrogen and oxygen atoms in total. The van der Waals surface area contributed by atoms with Crippen molar-refractivity contribution in [3.8, 4) is 0 Å². The molecule has 0 aromatic heterocycles. The number of rotatable bonds is 3. The molecule has 0 aliphatic carbocycles. The molecule has 0 heterocycles. The molecule has 0 aliphatic rings. The van der Waals surface area contributed by atoms with E-state index in [2.05, 4.69) is 0 Å². The van der Waals surface area contributed by atoms with E-state index < -0.39 is 11.6 Å². The van der Waals surface area contributed by atoms with Gasteiger partial charge < -0.3 is 0 Å². The van der Waals surface area contributed by atoms with E-state index in [0.717, 1.165) is 0 Å². The largest absolute Gasteiger partial charge is 0.294 e. The van der Waals surface area contributed by atoms with Crippen LogP contribution in [0.2, 0.25) is 15.1 Å². The number of carbonyl (C=O) groups excluding carboxylic acids is 1. The molecule has 0 fully saturated rings. The highest BCUT2D eigenvalue weighted by Gasteiger charge is 2.16. The van der Waals surface area contributed by atoms with Gasteiger partial charge in [-0.2, -0.15) is 0 Å². The van der Waals surface area contributed by atoms with Crippen LogP contribution < -0.4 is 0 Å². The van der Waals surface area contributed by atoms with Crippen molar-refractivity contribution >= 4 is 40.6 Å². The molecule has 5 heteroatoms. The summed E-state index contributed by atoms with van der Waals surface area (Å²) in [5, 5.41) is 0.860. The van der Waals surface area contributed by atoms with Crippen molar-refractivity contribution in [1.82, 2.24) is 0 Å². The second-order valence-electron chi connectivity index (χ2n) is 3.95. The van der Waals surface area contributed by atoms with Crippen LogP contribution in [0.1, 0.15) is 15.9 Å². The highest BCUT2D eigenvalue weighted by molar-refractivity contribution is 6.42. The van der Waals surface area contributed by atoms with E-state index >= 15 is 0 Å². The van der Waals surface area contributed by atoms with Crippen LogP contribution >= 0.6 is 34.8 Å². The van der Waals surface area contributed by atoms with E-state index in [9.17, 15) is 9.18 Å². The molecule has 0 saturated heterocycles. The SMILES string of the molecule is O=C(Cc1ccc(Cl)c(Cl)c1)c1c(F)cccc1Cl. The number of benzene rings is 2. The molecular formula is C14H8Cl3FO. The molecule has 0 N–H and O–H groups in total. The Morgan fingerprint density at radius 3 is 2.37 bits per heavy atom. The van der Waals surface area contributed by atoms with Gasteiger partial charge in [-0.15, -0.1) is 0 Å². The highest BCUT2D eigenvalue weighted by atomic mass is 35.5. The maximum Gasteiger partial charge on any atom is 0.171 e. The first-order chi connectivity index (χ1) is 8.99. The standard InChI is InChI=1S/C14H8Cl3FO/c15-9-5-4-8(6-11(9)17)7-13(19)14-10(16)2-1-3-12(14)18/h1-6H,7H2. The lowest BCUT2D eigenvalue weighted by atomic mass is 10.0. The monoisotopic (exact) mass is 316 g/mol. The Bertz CT molecular complexity index is 620. The van der Waals surface area contributed by atoms with E-state index in [1.54, 1.807) is 18.2 Å². The molecule has 0 bridgehead atoms. The van der Waals surface area contributed by atoms with Gasteiger partial charge in [0, 0.05) is 6.42 Å². The van der Waals surface area contributed by atoms with Crippen LogP contribution in [0.15, 0.2) is 36.4 Å². The van der Waals surface area contributed by atoms with E-state index in [1.807, 2.05) is 0 Å². The molecule has 2 aromatic rings. The van der Waals surface area contributed by atoms with Crippen molar-refractivity contribution in [3.63, 3.8) is 0 Å². The van der Waals surface area contributed by atoms with Gasteiger partial charge in [0.25, 0.3) is 0 Å². The van der Waals surface area contributed by atoms with Gasteiger partial charge in [0.2, 0.25) is 0 Å². The van der Waals surface area contributed by atoms with Crippen LogP contribution in [0, 0.1) is 5.82 Å². The predicted octanol–water partition coefficient (Wildman–Crippen LogP) is 5.21. The van der Waals surface area contributed by atoms with Gasteiger partial charge in [-0.05, 0) is 29.8 Å². The smallest absolute Gasteiger partial charge is 0.171 e. The molecule has 0 saturated carbocycles. The maximum absolute atomic E-state index is 13.6. The second-order valence-corrected chi connectivity index (χ2v) is 5.17. The van der Waals surface area contributed by atoms with Crippen molar-refractivity contribution in [1.29, 1.82) is 0 Å². The molecule has 19 heavy (non-hydrogen) atoms. The third-order valence-corrected chi connectivity index (χ3v) is 3.64. The number of ketones is 1. The Hall–Kier alpha value is -1.09. The fourth-order valence-corrected chi connectivity index (χ4v) is 2.28. The Morgan fingerprint density at radius 2 is 1.74 bits per heavy atom. The average molecular weight is 318 g/mol. The minimum absolute atomic E-state index is 0.0115. The summed E-state index contributed by atoms with van der Waals surface area (Å²) in [7, 11) is 0. The Labute approximate surface area is 124 Å². The highest BCUT2D eigenvalue weighted by Crippen LogP contribution is 2.25. The van der Waals surface area contributed by atoms with Crippen molar-refractivity contribution in [3.05, 3.63) is 68.4 Å². The summed E-state index contributed by atoms with van der Waals surface area (Å²) in [6.45, 7) is 0. The Balaban J connectivity index is 2.28. The summed E-state index contributed by atoms with van der Waals surface area (Å²) in [4.78, 5) is 12.1. The quantitative estimate of drug-likeness (QED) is 0.710. The molecule has 0 spiro atoms. The van der Waals surface area contributed by atoms with Gasteiger partial charge >= 0.3 is 0 Å². The lowest BCUT2D eigenvalue weighted by Crippen LogP contribution is -2.07. The summed E-state index contributed by atoms with van der Waals surface area (Å²) < 4.78 is 13.6. The van der Waals surface area contributed by atoms with E-state index in [0.29, 0.717) is 15.6 Å². The summed E-state index contributed by atoms with van der Waals surface area (Å²) in [5.41, 5.74) is 0.550. The van der Waals surface area contributed by atoms with E-state index in [4.69, 9.17) is 34.8 Å². The van der Waals surface area contributed by atoms with Crippen LogP contribution in [-0.2, 0) is 6.42 Å². The van der Waals surface area contributed by atoms with Crippen LogP contribution in [0.5, 0.6) is 0 Å². The lowest BCUT2D eigenvalue weighted by Gasteiger charge is -2.06. The van der Waals surface area contributed by atoms with Gasteiger partial charge in [-0.3, -0.25) is 4.79 Å². The molecule has 2 rings (SSSR count). The third-order valence-electron chi connectivity index (χ3n) is 2.59. The number of carbonyl (C=O) groups is 1. The van der Waals surface area contributed by atoms with Gasteiger partial charge in [-0.1, -0.05) is 46.9 Å². The van der Waals surface area contributed by atoms with Crippen molar-refractivity contribution < 1.29 is 9.18 Å². The van der Waals surface area contributed by atoms with Crippen LogP contribution in [0.3, 0.4) is 0 Å². The van der Waals surface area contributed by atoms with Crippen molar-refractivity contribution in [2.45, 2.75) is 6.42 Å². The zero-order chi connectivity index (χ0) is 14.0. The second kappa shape index (κ2) is 5.91. The molecule has 98 valence electrons. The van der Waals surface area contributed by atoms with Crippen LogP contribution in [-0.4, -0.2) is 5.78 Å². The third kappa shape index (κ3) is 3.27. The predicted molar refractivity (Wildman–Crippen MR) is 75.9 cm³/mol. The fraction of sp³-hybridized carbons (Fsp3) is 0.0714. The number of hydrogen-bond donors (Lipinski definition) is 0. The van der Waals surface area contributed by atoms with Gasteiger partial charge in [-0.25, -0.2) is 4.39 Å². The number of Topliss-reactive ketones (excluding diaryl/α,β-unsaturated/α-hetero) is 1. The molecule has 0 atom stereocenters. The normalized spacial score (nSPS) is 10.5. The lowest BCUT2D eigenvalue weighted by molar-refractivity contribution is 0.0989. The molecule has 0 radical (unpaired) electrons. The number of halogens is 4. The first kappa shape index (κ1) is 14.3. The van der Waals surface area contributed by atoms with Crippen LogP contribution in [0.4, 0.5) is 4.39 Å². The molecular weight excluding hydrogens is 310 g/mol. The zero-order valence-electron chi connectivity index (χ0n) is 9.59. The maximum atomic E-state index is 13.6. The molecule has 0 unspecified atom stereocenters. The Morgan fingerprint density at radius 1 is 1.00 bits per heavy atom. The van der Waals surface area contributed by atoms with Gasteiger partial charge in [0.05, 0.1) is 20.6 Å². The molecule has 0 amide bonds. The zero-order valence-corrected chi connectivity index (χ0v) is 11.9. The summed E-state index contributed by atoms with van der Waals surface area (Å²) in [5.74, 6) is -1.03. The van der Waals surface area contributed by atoms with Crippen LogP contribution in [0.25, 0.3) is 0 Å². The van der Waals surface area contributed by atoms with E-state index in [-0.39, 0.29) is 17.0 Å².